The highest BCUT2D eigenvalue weighted by Crippen LogP contribution is 2.29. The Hall–Kier alpha value is -3.58. The number of fused-ring (bicyclic) bond motifs is 1. The second-order valence-corrected chi connectivity index (χ2v) is 8.89. The number of esters is 1. The summed E-state index contributed by atoms with van der Waals surface area (Å²) >= 11 is 18.1. The lowest BCUT2D eigenvalue weighted by atomic mass is 10.0. The minimum absolute atomic E-state index is 0.232. The molecule has 4 rings (SSSR count). The number of hydrogen-bond donors (Lipinski definition) is 1. The van der Waals surface area contributed by atoms with Gasteiger partial charge < -0.3 is 9.47 Å². The first-order valence-corrected chi connectivity index (χ1v) is 11.9. The Bertz CT molecular complexity index is 1470. The maximum Gasteiger partial charge on any atom is 0.345 e. The average molecular weight is 542 g/mol. The van der Waals surface area contributed by atoms with Crippen molar-refractivity contribution >= 4 is 63.7 Å². The molecule has 1 amide bonds. The van der Waals surface area contributed by atoms with Gasteiger partial charge in [0.05, 0.1) is 21.8 Å². The molecule has 182 valence electrons. The highest BCUT2D eigenvalue weighted by molar-refractivity contribution is 6.35. The van der Waals surface area contributed by atoms with Crippen LogP contribution in [0, 0.1) is 0 Å². The summed E-state index contributed by atoms with van der Waals surface area (Å²) in [7, 11) is 0. The van der Waals surface area contributed by atoms with E-state index in [9.17, 15) is 9.59 Å². The number of rotatable bonds is 7. The first-order valence-electron chi connectivity index (χ1n) is 10.8. The highest BCUT2D eigenvalue weighted by Gasteiger charge is 2.18. The second kappa shape index (κ2) is 11.4. The molecule has 0 aliphatic carbocycles. The van der Waals surface area contributed by atoms with Gasteiger partial charge in [0.25, 0.3) is 5.91 Å². The third-order valence-electron chi connectivity index (χ3n) is 5.16. The molecular weight excluding hydrogens is 523 g/mol. The topological polar surface area (TPSA) is 77.0 Å². The lowest BCUT2D eigenvalue weighted by Crippen LogP contribution is -2.33. The third kappa shape index (κ3) is 5.97. The number of benzene rings is 4. The van der Waals surface area contributed by atoms with E-state index in [4.69, 9.17) is 44.3 Å². The van der Waals surface area contributed by atoms with E-state index in [0.717, 1.165) is 10.8 Å². The van der Waals surface area contributed by atoms with Crippen molar-refractivity contribution in [1.82, 2.24) is 5.43 Å². The molecule has 0 radical (unpaired) electrons. The SMILES string of the molecule is CC(Oc1ccc(Cl)cc1Cl)C(=O)N/N=C/c1c(OC(=O)c2ccccc2Cl)ccc2ccccc12. The van der Waals surface area contributed by atoms with E-state index in [0.29, 0.717) is 16.3 Å². The Morgan fingerprint density at radius 3 is 2.39 bits per heavy atom. The quantitative estimate of drug-likeness (QED) is 0.119. The number of ether oxygens (including phenoxy) is 2. The van der Waals surface area contributed by atoms with Crippen molar-refractivity contribution in [2.45, 2.75) is 13.0 Å². The predicted molar refractivity (Wildman–Crippen MR) is 143 cm³/mol. The number of amides is 1. The Kier molecular flexibility index (Phi) is 8.10. The van der Waals surface area contributed by atoms with E-state index >= 15 is 0 Å². The average Bonchev–Trinajstić information content (AvgIpc) is 2.86. The zero-order chi connectivity index (χ0) is 25.7. The van der Waals surface area contributed by atoms with Crippen molar-refractivity contribution in [3.05, 3.63) is 105 Å². The number of hydrogen-bond acceptors (Lipinski definition) is 5. The third-order valence-corrected chi connectivity index (χ3v) is 6.02. The van der Waals surface area contributed by atoms with Crippen LogP contribution in [0.3, 0.4) is 0 Å². The van der Waals surface area contributed by atoms with Crippen LogP contribution in [0.5, 0.6) is 11.5 Å². The van der Waals surface area contributed by atoms with Crippen LogP contribution in [0.1, 0.15) is 22.8 Å². The summed E-state index contributed by atoms with van der Waals surface area (Å²) in [6, 6.07) is 22.3. The van der Waals surface area contributed by atoms with Crippen LogP contribution in [0.15, 0.2) is 84.0 Å². The fourth-order valence-electron chi connectivity index (χ4n) is 3.35. The minimum Gasteiger partial charge on any atom is -0.479 e. The number of carbonyl (C=O) groups is 2. The van der Waals surface area contributed by atoms with E-state index in [-0.39, 0.29) is 21.4 Å². The molecule has 0 aliphatic rings. The molecule has 1 N–H and O–H groups in total. The Balaban J connectivity index is 1.54. The van der Waals surface area contributed by atoms with Crippen LogP contribution >= 0.6 is 34.8 Å². The van der Waals surface area contributed by atoms with Gasteiger partial charge in [-0.1, -0.05) is 77.3 Å². The van der Waals surface area contributed by atoms with Crippen molar-refractivity contribution in [2.75, 3.05) is 0 Å². The number of carbonyl (C=O) groups excluding carboxylic acids is 2. The summed E-state index contributed by atoms with van der Waals surface area (Å²) < 4.78 is 11.3. The van der Waals surface area contributed by atoms with Crippen molar-refractivity contribution in [3.8, 4) is 11.5 Å². The van der Waals surface area contributed by atoms with E-state index < -0.39 is 18.0 Å². The molecule has 0 saturated carbocycles. The van der Waals surface area contributed by atoms with Gasteiger partial charge in [0, 0.05) is 10.6 Å². The molecule has 4 aromatic rings. The molecular formula is C27H19Cl3N2O4. The van der Waals surface area contributed by atoms with Gasteiger partial charge in [-0.25, -0.2) is 10.2 Å². The Morgan fingerprint density at radius 2 is 1.61 bits per heavy atom. The van der Waals surface area contributed by atoms with Crippen molar-refractivity contribution in [1.29, 1.82) is 0 Å². The van der Waals surface area contributed by atoms with Crippen LogP contribution in [-0.2, 0) is 4.79 Å². The first kappa shape index (κ1) is 25.5. The molecule has 0 spiro atoms. The lowest BCUT2D eigenvalue weighted by molar-refractivity contribution is -0.127. The predicted octanol–water partition coefficient (Wildman–Crippen LogP) is 6.94. The fourth-order valence-corrected chi connectivity index (χ4v) is 4.01. The number of nitrogens with zero attached hydrogens (tertiary/aromatic N) is 1. The molecule has 0 fully saturated rings. The first-order chi connectivity index (χ1) is 17.3. The smallest absolute Gasteiger partial charge is 0.345 e. The van der Waals surface area contributed by atoms with E-state index in [1.165, 1.54) is 12.3 Å². The van der Waals surface area contributed by atoms with Gasteiger partial charge in [-0.05, 0) is 54.1 Å². The van der Waals surface area contributed by atoms with Gasteiger partial charge in [0.2, 0.25) is 0 Å². The summed E-state index contributed by atoms with van der Waals surface area (Å²) in [5.41, 5.74) is 3.18. The molecule has 4 aromatic carbocycles. The molecule has 6 nitrogen and oxygen atoms in total. The summed E-state index contributed by atoms with van der Waals surface area (Å²) in [4.78, 5) is 25.3. The lowest BCUT2D eigenvalue weighted by Gasteiger charge is -2.14. The van der Waals surface area contributed by atoms with Gasteiger partial charge in [0.1, 0.15) is 11.5 Å². The maximum atomic E-state index is 12.8. The monoisotopic (exact) mass is 540 g/mol. The standard InChI is InChI=1S/C27H19Cl3N2O4/c1-16(35-25-13-11-18(28)14-23(25)30)26(33)32-31-15-21-19-7-3-2-6-17(19)10-12-24(21)36-27(34)20-8-4-5-9-22(20)29/h2-16H,1H3,(H,32,33)/b31-15+. The van der Waals surface area contributed by atoms with Crippen LogP contribution in [0.2, 0.25) is 15.1 Å². The molecule has 1 atom stereocenters. The van der Waals surface area contributed by atoms with Crippen LogP contribution in [0.25, 0.3) is 10.8 Å². The summed E-state index contributed by atoms with van der Waals surface area (Å²) in [5, 5.41) is 6.76. The summed E-state index contributed by atoms with van der Waals surface area (Å²) in [5.74, 6) is -0.548. The summed E-state index contributed by atoms with van der Waals surface area (Å²) in [6.45, 7) is 1.56. The van der Waals surface area contributed by atoms with Crippen molar-refractivity contribution in [2.24, 2.45) is 5.10 Å². The van der Waals surface area contributed by atoms with E-state index in [1.807, 2.05) is 30.3 Å². The normalized spacial score (nSPS) is 11.9. The summed E-state index contributed by atoms with van der Waals surface area (Å²) in [6.07, 6.45) is 0.517. The van der Waals surface area contributed by atoms with Gasteiger partial charge in [-0.2, -0.15) is 5.10 Å². The van der Waals surface area contributed by atoms with E-state index in [2.05, 4.69) is 10.5 Å². The Labute approximate surface area is 222 Å². The van der Waals surface area contributed by atoms with Gasteiger partial charge in [-0.3, -0.25) is 4.79 Å². The van der Waals surface area contributed by atoms with Crippen LogP contribution in [0.4, 0.5) is 0 Å². The van der Waals surface area contributed by atoms with Gasteiger partial charge >= 0.3 is 5.97 Å². The maximum absolute atomic E-state index is 12.8. The highest BCUT2D eigenvalue weighted by atomic mass is 35.5. The van der Waals surface area contributed by atoms with Gasteiger partial charge in [-0.15, -0.1) is 0 Å². The molecule has 1 unspecified atom stereocenters. The zero-order valence-electron chi connectivity index (χ0n) is 18.9. The van der Waals surface area contributed by atoms with Crippen molar-refractivity contribution in [3.63, 3.8) is 0 Å². The molecule has 9 heteroatoms. The molecule has 0 saturated heterocycles. The zero-order valence-corrected chi connectivity index (χ0v) is 21.1. The number of nitrogens with one attached hydrogen (secondary N) is 1. The molecule has 0 aromatic heterocycles. The van der Waals surface area contributed by atoms with Gasteiger partial charge in [0.15, 0.2) is 6.10 Å². The fraction of sp³-hybridized carbons (Fsp3) is 0.0741. The Morgan fingerprint density at radius 1 is 0.889 bits per heavy atom. The van der Waals surface area contributed by atoms with E-state index in [1.54, 1.807) is 49.4 Å². The minimum atomic E-state index is -0.897. The van der Waals surface area contributed by atoms with Crippen LogP contribution in [-0.4, -0.2) is 24.2 Å². The largest absolute Gasteiger partial charge is 0.479 e. The molecule has 0 bridgehead atoms. The second-order valence-electron chi connectivity index (χ2n) is 7.64. The van der Waals surface area contributed by atoms with Crippen molar-refractivity contribution < 1.29 is 19.1 Å². The molecule has 36 heavy (non-hydrogen) atoms. The molecule has 0 aliphatic heterocycles. The van der Waals surface area contributed by atoms with Crippen LogP contribution < -0.4 is 14.9 Å². The number of hydrazone groups is 1. The number of halogens is 3. The molecule has 0 heterocycles.